The number of nitrogens with one attached hydrogen (secondary N) is 1. The molecule has 0 bridgehead atoms. The van der Waals surface area contributed by atoms with Gasteiger partial charge in [0, 0.05) is 6.04 Å². The van der Waals surface area contributed by atoms with Crippen molar-refractivity contribution in [3.8, 4) is 0 Å². The highest BCUT2D eigenvalue weighted by atomic mass is 16.7. The second-order valence-electron chi connectivity index (χ2n) is 2.91. The molecule has 1 aliphatic heterocycles. The average Bonchev–Trinajstić information content (AvgIpc) is 2.52. The molecule has 11 heavy (non-hydrogen) atoms. The summed E-state index contributed by atoms with van der Waals surface area (Å²) in [6, 6.07) is 0.571. The topological polar surface area (TPSA) is 30.5 Å². The standard InChI is InChI=1S/C8H17NO2/c1-3-7(9-2)4-8-5-10-6-11-8/h7-9H,3-6H2,1-2H3. The van der Waals surface area contributed by atoms with E-state index in [1.54, 1.807) is 0 Å². The Morgan fingerprint density at radius 2 is 2.45 bits per heavy atom. The summed E-state index contributed by atoms with van der Waals surface area (Å²) in [7, 11) is 1.99. The lowest BCUT2D eigenvalue weighted by Gasteiger charge is -2.16. The first-order valence-electron chi connectivity index (χ1n) is 4.23. The molecule has 1 N–H and O–H groups in total. The van der Waals surface area contributed by atoms with E-state index in [0.29, 0.717) is 18.9 Å². The van der Waals surface area contributed by atoms with Crippen molar-refractivity contribution >= 4 is 0 Å². The van der Waals surface area contributed by atoms with Crippen molar-refractivity contribution in [3.63, 3.8) is 0 Å². The van der Waals surface area contributed by atoms with Gasteiger partial charge in [0.15, 0.2) is 0 Å². The molecule has 0 amide bonds. The van der Waals surface area contributed by atoms with Crippen LogP contribution in [0.25, 0.3) is 0 Å². The lowest BCUT2D eigenvalue weighted by atomic mass is 10.1. The highest BCUT2D eigenvalue weighted by Gasteiger charge is 2.19. The van der Waals surface area contributed by atoms with E-state index in [-0.39, 0.29) is 0 Å². The normalized spacial score (nSPS) is 27.3. The molecule has 1 saturated heterocycles. The molecule has 0 aromatic carbocycles. The molecule has 0 aliphatic carbocycles. The zero-order valence-corrected chi connectivity index (χ0v) is 7.30. The van der Waals surface area contributed by atoms with E-state index >= 15 is 0 Å². The van der Waals surface area contributed by atoms with Crippen molar-refractivity contribution in [1.29, 1.82) is 0 Å². The van der Waals surface area contributed by atoms with Crippen LogP contribution in [0.15, 0.2) is 0 Å². The van der Waals surface area contributed by atoms with E-state index in [0.717, 1.165) is 19.4 Å². The lowest BCUT2D eigenvalue weighted by Crippen LogP contribution is -2.29. The fraction of sp³-hybridized carbons (Fsp3) is 1.00. The van der Waals surface area contributed by atoms with Crippen LogP contribution in [0.3, 0.4) is 0 Å². The first-order valence-corrected chi connectivity index (χ1v) is 4.23. The summed E-state index contributed by atoms with van der Waals surface area (Å²) < 4.78 is 10.4. The molecule has 0 spiro atoms. The largest absolute Gasteiger partial charge is 0.353 e. The van der Waals surface area contributed by atoms with Gasteiger partial charge in [-0.05, 0) is 19.9 Å². The second kappa shape index (κ2) is 4.70. The zero-order chi connectivity index (χ0) is 8.10. The molecule has 3 heteroatoms. The molecule has 1 heterocycles. The molecule has 1 aliphatic rings. The van der Waals surface area contributed by atoms with Gasteiger partial charge in [-0.1, -0.05) is 6.92 Å². The van der Waals surface area contributed by atoms with Crippen LogP contribution in [0, 0.1) is 0 Å². The van der Waals surface area contributed by atoms with E-state index in [1.807, 2.05) is 7.05 Å². The maximum atomic E-state index is 5.32. The molecule has 1 rings (SSSR count). The predicted molar refractivity (Wildman–Crippen MR) is 43.4 cm³/mol. The van der Waals surface area contributed by atoms with Crippen molar-refractivity contribution in [2.45, 2.75) is 31.9 Å². The van der Waals surface area contributed by atoms with E-state index in [9.17, 15) is 0 Å². The molecule has 66 valence electrons. The van der Waals surface area contributed by atoms with Gasteiger partial charge in [0.2, 0.25) is 0 Å². The van der Waals surface area contributed by atoms with Crippen LogP contribution in [0.2, 0.25) is 0 Å². The molecule has 3 nitrogen and oxygen atoms in total. The van der Waals surface area contributed by atoms with E-state index in [2.05, 4.69) is 12.2 Å². The Morgan fingerprint density at radius 1 is 1.64 bits per heavy atom. The lowest BCUT2D eigenvalue weighted by molar-refractivity contribution is 0.0419. The van der Waals surface area contributed by atoms with Gasteiger partial charge in [-0.15, -0.1) is 0 Å². The zero-order valence-electron chi connectivity index (χ0n) is 7.30. The van der Waals surface area contributed by atoms with E-state index < -0.39 is 0 Å². The van der Waals surface area contributed by atoms with Crippen LogP contribution in [-0.2, 0) is 9.47 Å². The summed E-state index contributed by atoms with van der Waals surface area (Å²) in [6.07, 6.45) is 2.52. The number of rotatable bonds is 4. The summed E-state index contributed by atoms with van der Waals surface area (Å²) in [5, 5.41) is 3.24. The molecule has 2 unspecified atom stereocenters. The summed E-state index contributed by atoms with van der Waals surface area (Å²) in [4.78, 5) is 0. The van der Waals surface area contributed by atoms with Gasteiger partial charge in [0.25, 0.3) is 0 Å². The quantitative estimate of drug-likeness (QED) is 0.656. The van der Waals surface area contributed by atoms with Crippen LogP contribution in [0.5, 0.6) is 0 Å². The Hall–Kier alpha value is -0.120. The highest BCUT2D eigenvalue weighted by molar-refractivity contribution is 4.70. The Balaban J connectivity index is 2.16. The summed E-state index contributed by atoms with van der Waals surface area (Å²) >= 11 is 0. The molecule has 0 radical (unpaired) electrons. The Bertz CT molecular complexity index is 98.3. The first-order chi connectivity index (χ1) is 5.36. The number of hydrogen-bond donors (Lipinski definition) is 1. The fourth-order valence-electron chi connectivity index (χ4n) is 1.31. The smallest absolute Gasteiger partial charge is 0.147 e. The maximum Gasteiger partial charge on any atom is 0.147 e. The van der Waals surface area contributed by atoms with Gasteiger partial charge in [0.1, 0.15) is 6.79 Å². The van der Waals surface area contributed by atoms with E-state index in [1.165, 1.54) is 0 Å². The summed E-state index contributed by atoms with van der Waals surface area (Å²) in [5.74, 6) is 0. The van der Waals surface area contributed by atoms with Crippen LogP contribution in [0.4, 0.5) is 0 Å². The van der Waals surface area contributed by atoms with E-state index in [4.69, 9.17) is 9.47 Å². The fourth-order valence-corrected chi connectivity index (χ4v) is 1.31. The predicted octanol–water partition coefficient (Wildman–Crippen LogP) is 0.747. The Labute approximate surface area is 68.1 Å². The Kier molecular flexibility index (Phi) is 3.83. The number of ether oxygens (including phenoxy) is 2. The minimum Gasteiger partial charge on any atom is -0.353 e. The SMILES string of the molecule is CCC(CC1COCO1)NC. The van der Waals surface area contributed by atoms with Crippen molar-refractivity contribution in [2.24, 2.45) is 0 Å². The van der Waals surface area contributed by atoms with Crippen molar-refractivity contribution in [3.05, 3.63) is 0 Å². The summed E-state index contributed by atoms with van der Waals surface area (Å²) in [5.41, 5.74) is 0. The number of hydrogen-bond acceptors (Lipinski definition) is 3. The van der Waals surface area contributed by atoms with Gasteiger partial charge in [-0.3, -0.25) is 0 Å². The van der Waals surface area contributed by atoms with Crippen molar-refractivity contribution < 1.29 is 9.47 Å². The average molecular weight is 159 g/mol. The minimum atomic E-state index is 0.312. The monoisotopic (exact) mass is 159 g/mol. The van der Waals surface area contributed by atoms with Gasteiger partial charge in [0.05, 0.1) is 12.7 Å². The highest BCUT2D eigenvalue weighted by Crippen LogP contribution is 2.10. The summed E-state index contributed by atoms with van der Waals surface area (Å²) in [6.45, 7) is 3.42. The van der Waals surface area contributed by atoms with Crippen molar-refractivity contribution in [2.75, 3.05) is 20.4 Å². The molecule has 1 fully saturated rings. The minimum absolute atomic E-state index is 0.312. The second-order valence-corrected chi connectivity index (χ2v) is 2.91. The molecular weight excluding hydrogens is 142 g/mol. The molecule has 2 atom stereocenters. The Morgan fingerprint density at radius 3 is 2.91 bits per heavy atom. The van der Waals surface area contributed by atoms with Crippen LogP contribution in [0.1, 0.15) is 19.8 Å². The van der Waals surface area contributed by atoms with Crippen molar-refractivity contribution in [1.82, 2.24) is 5.32 Å². The molecule has 0 aromatic heterocycles. The molecule has 0 saturated carbocycles. The third-order valence-corrected chi connectivity index (χ3v) is 2.14. The third-order valence-electron chi connectivity index (χ3n) is 2.14. The molecular formula is C8H17NO2. The third kappa shape index (κ3) is 2.77. The van der Waals surface area contributed by atoms with Gasteiger partial charge >= 0.3 is 0 Å². The first kappa shape index (κ1) is 8.97. The molecule has 0 aromatic rings. The van der Waals surface area contributed by atoms with Crippen LogP contribution < -0.4 is 5.32 Å². The van der Waals surface area contributed by atoms with Gasteiger partial charge in [-0.25, -0.2) is 0 Å². The van der Waals surface area contributed by atoms with Gasteiger partial charge < -0.3 is 14.8 Å². The maximum absolute atomic E-state index is 5.32. The van der Waals surface area contributed by atoms with Crippen LogP contribution >= 0.6 is 0 Å². The van der Waals surface area contributed by atoms with Gasteiger partial charge in [-0.2, -0.15) is 0 Å². The van der Waals surface area contributed by atoms with Crippen LogP contribution in [-0.4, -0.2) is 32.6 Å².